The molecule has 0 bridgehead atoms. The van der Waals surface area contributed by atoms with Crippen molar-refractivity contribution in [1.82, 2.24) is 15.5 Å². The third kappa shape index (κ3) is 4.50. The molecule has 0 aromatic carbocycles. The molecule has 0 aliphatic rings. The van der Waals surface area contributed by atoms with Crippen molar-refractivity contribution in [2.24, 2.45) is 0 Å². The first-order chi connectivity index (χ1) is 9.84. The molecule has 21 heavy (non-hydrogen) atoms. The van der Waals surface area contributed by atoms with Gasteiger partial charge in [-0.05, 0) is 31.2 Å². The Morgan fingerprint density at radius 2 is 2.00 bits per heavy atom. The summed E-state index contributed by atoms with van der Waals surface area (Å²) < 4.78 is 22.5. The van der Waals surface area contributed by atoms with Gasteiger partial charge in [-0.3, -0.25) is 5.32 Å². The van der Waals surface area contributed by atoms with Gasteiger partial charge in [0.1, 0.15) is 0 Å². The average Bonchev–Trinajstić information content (AvgIpc) is 2.82. The molecule has 0 aliphatic carbocycles. The highest BCUT2D eigenvalue weighted by Gasteiger charge is 2.10. The number of amides is 2. The number of nitrogens with one attached hydrogen (secondary N) is 2. The van der Waals surface area contributed by atoms with Crippen LogP contribution in [-0.2, 0) is 16.4 Å². The van der Waals surface area contributed by atoms with Crippen LogP contribution in [0.4, 0.5) is 10.6 Å². The number of aromatic nitrogens is 2. The van der Waals surface area contributed by atoms with Gasteiger partial charge in [-0.2, -0.15) is 0 Å². The topological polar surface area (TPSA) is 101 Å². The Balaban J connectivity index is 1.90. The molecule has 7 nitrogen and oxygen atoms in total. The Kier molecular flexibility index (Phi) is 4.53. The van der Waals surface area contributed by atoms with Gasteiger partial charge in [-0.1, -0.05) is 0 Å². The zero-order valence-corrected chi connectivity index (χ0v) is 13.1. The van der Waals surface area contributed by atoms with Gasteiger partial charge in [0.25, 0.3) is 0 Å². The first kappa shape index (κ1) is 15.4. The van der Waals surface area contributed by atoms with Gasteiger partial charge < -0.3 is 5.32 Å². The Bertz CT molecular complexity index is 738. The third-order valence-electron chi connectivity index (χ3n) is 2.48. The zero-order chi connectivity index (χ0) is 15.5. The average molecular weight is 326 g/mol. The van der Waals surface area contributed by atoms with E-state index in [0.717, 1.165) is 11.1 Å². The van der Waals surface area contributed by atoms with Gasteiger partial charge in [0, 0.05) is 16.0 Å². The lowest BCUT2D eigenvalue weighted by Gasteiger charge is -2.05. The van der Waals surface area contributed by atoms with E-state index < -0.39 is 15.9 Å². The summed E-state index contributed by atoms with van der Waals surface area (Å²) in [6, 6.07) is 6.18. The minimum Gasteiger partial charge on any atom is -0.333 e. The predicted molar refractivity (Wildman–Crippen MR) is 80.1 cm³/mol. The summed E-state index contributed by atoms with van der Waals surface area (Å²) in [7, 11) is -3.39. The molecule has 2 rings (SSSR count). The molecule has 2 aromatic rings. The monoisotopic (exact) mass is 326 g/mol. The first-order valence-corrected chi connectivity index (χ1v) is 8.69. The van der Waals surface area contributed by atoms with Crippen molar-refractivity contribution in [3.05, 3.63) is 34.0 Å². The maximum Gasteiger partial charge on any atom is 0.320 e. The molecule has 2 N–H and O–H groups in total. The first-order valence-electron chi connectivity index (χ1n) is 5.98. The van der Waals surface area contributed by atoms with Gasteiger partial charge in [0.2, 0.25) is 0 Å². The van der Waals surface area contributed by atoms with E-state index in [1.165, 1.54) is 17.0 Å². The molecule has 0 atom stereocenters. The van der Waals surface area contributed by atoms with E-state index >= 15 is 0 Å². The number of nitrogens with zero attached hydrogens (tertiary/aromatic N) is 2. The minimum absolute atomic E-state index is 0.137. The highest BCUT2D eigenvalue weighted by atomic mass is 32.2. The highest BCUT2D eigenvalue weighted by molar-refractivity contribution is 7.90. The molecule has 2 aromatic heterocycles. The molecule has 9 heteroatoms. The molecule has 0 saturated carbocycles. The number of hydrogen-bond donors (Lipinski definition) is 2. The fraction of sp³-hybridized carbons (Fsp3) is 0.250. The second-order valence-corrected chi connectivity index (χ2v) is 7.68. The van der Waals surface area contributed by atoms with Crippen LogP contribution in [0.5, 0.6) is 0 Å². The molecule has 2 amide bonds. The predicted octanol–water partition coefficient (Wildman–Crippen LogP) is 1.57. The van der Waals surface area contributed by atoms with E-state index in [2.05, 4.69) is 20.8 Å². The lowest BCUT2D eigenvalue weighted by atomic mass is 10.4. The smallest absolute Gasteiger partial charge is 0.320 e. The molecule has 0 fully saturated rings. The number of rotatable bonds is 4. The van der Waals surface area contributed by atoms with Crippen LogP contribution in [0, 0.1) is 6.92 Å². The summed E-state index contributed by atoms with van der Waals surface area (Å²) >= 11 is 1.60. The quantitative estimate of drug-likeness (QED) is 0.888. The number of carbonyl (C=O) groups is 1. The summed E-state index contributed by atoms with van der Waals surface area (Å²) in [5, 5.41) is 12.2. The zero-order valence-electron chi connectivity index (χ0n) is 11.5. The summed E-state index contributed by atoms with van der Waals surface area (Å²) in [6.07, 6.45) is 1.04. The normalized spacial score (nSPS) is 11.1. The van der Waals surface area contributed by atoms with Crippen LogP contribution in [-0.4, -0.2) is 30.9 Å². The van der Waals surface area contributed by atoms with Gasteiger partial charge in [-0.15, -0.1) is 21.5 Å². The number of anilines is 1. The van der Waals surface area contributed by atoms with Gasteiger partial charge in [0.15, 0.2) is 20.7 Å². The highest BCUT2D eigenvalue weighted by Crippen LogP contribution is 2.14. The SMILES string of the molecule is Cc1ccc(CNC(=O)Nc2ccc(S(C)(=O)=O)nn2)s1. The lowest BCUT2D eigenvalue weighted by Crippen LogP contribution is -2.28. The molecule has 0 spiro atoms. The van der Waals surface area contributed by atoms with Crippen LogP contribution >= 0.6 is 11.3 Å². The van der Waals surface area contributed by atoms with Gasteiger partial charge >= 0.3 is 6.03 Å². The Hall–Kier alpha value is -2.00. The van der Waals surface area contributed by atoms with Gasteiger partial charge in [0.05, 0.1) is 6.54 Å². The second-order valence-electron chi connectivity index (χ2n) is 4.35. The van der Waals surface area contributed by atoms with E-state index in [4.69, 9.17) is 0 Å². The summed E-state index contributed by atoms with van der Waals surface area (Å²) in [5.41, 5.74) is 0. The Morgan fingerprint density at radius 1 is 1.24 bits per heavy atom. The van der Waals surface area contributed by atoms with E-state index in [1.807, 2.05) is 19.1 Å². The fourth-order valence-corrected chi connectivity index (χ4v) is 2.83. The molecule has 0 aliphatic heterocycles. The van der Waals surface area contributed by atoms with Crippen molar-refractivity contribution in [2.45, 2.75) is 18.5 Å². The largest absolute Gasteiger partial charge is 0.333 e. The number of hydrogen-bond acceptors (Lipinski definition) is 6. The van der Waals surface area contributed by atoms with Crippen molar-refractivity contribution in [3.63, 3.8) is 0 Å². The molecule has 0 unspecified atom stereocenters. The summed E-state index contributed by atoms with van der Waals surface area (Å²) in [4.78, 5) is 13.9. The van der Waals surface area contributed by atoms with E-state index in [1.54, 1.807) is 11.3 Å². The van der Waals surface area contributed by atoms with E-state index in [9.17, 15) is 13.2 Å². The van der Waals surface area contributed by atoms with E-state index in [0.29, 0.717) is 6.54 Å². The van der Waals surface area contributed by atoms with Gasteiger partial charge in [-0.25, -0.2) is 13.2 Å². The summed E-state index contributed by atoms with van der Waals surface area (Å²) in [5.74, 6) is 0.183. The Labute approximate surface area is 126 Å². The van der Waals surface area contributed by atoms with Crippen molar-refractivity contribution in [1.29, 1.82) is 0 Å². The fourth-order valence-electron chi connectivity index (χ4n) is 1.49. The van der Waals surface area contributed by atoms with Crippen molar-refractivity contribution in [2.75, 3.05) is 11.6 Å². The number of urea groups is 1. The molecular formula is C12H14N4O3S2. The molecule has 0 saturated heterocycles. The standard InChI is InChI=1S/C12H14N4O3S2/c1-8-3-4-9(20-8)7-13-12(17)14-10-5-6-11(16-15-10)21(2,18)19/h3-6H,7H2,1-2H3,(H2,13,14,15,17). The summed E-state index contributed by atoms with van der Waals surface area (Å²) in [6.45, 7) is 2.41. The molecule has 112 valence electrons. The molecular weight excluding hydrogens is 312 g/mol. The van der Waals surface area contributed by atoms with Crippen molar-refractivity contribution in [3.8, 4) is 0 Å². The van der Waals surface area contributed by atoms with E-state index in [-0.39, 0.29) is 10.8 Å². The van der Waals surface area contributed by atoms with Crippen LogP contribution in [0.25, 0.3) is 0 Å². The minimum atomic E-state index is -3.39. The van der Waals surface area contributed by atoms with Crippen LogP contribution in [0.15, 0.2) is 29.3 Å². The number of carbonyl (C=O) groups excluding carboxylic acids is 1. The molecule has 0 radical (unpaired) electrons. The van der Waals surface area contributed by atoms with Crippen LogP contribution < -0.4 is 10.6 Å². The van der Waals surface area contributed by atoms with Crippen LogP contribution in [0.2, 0.25) is 0 Å². The molecule has 2 heterocycles. The van der Waals surface area contributed by atoms with Crippen molar-refractivity contribution < 1.29 is 13.2 Å². The third-order valence-corrected chi connectivity index (χ3v) is 4.46. The number of thiophene rings is 1. The maximum absolute atomic E-state index is 11.7. The van der Waals surface area contributed by atoms with Crippen LogP contribution in [0.3, 0.4) is 0 Å². The Morgan fingerprint density at radius 3 is 2.52 bits per heavy atom. The van der Waals surface area contributed by atoms with Crippen molar-refractivity contribution >= 4 is 33.0 Å². The number of sulfone groups is 1. The second kappa shape index (κ2) is 6.19. The number of aryl methyl sites for hydroxylation is 1. The van der Waals surface area contributed by atoms with Crippen LogP contribution in [0.1, 0.15) is 9.75 Å². The lowest BCUT2D eigenvalue weighted by molar-refractivity contribution is 0.251. The maximum atomic E-state index is 11.7.